The van der Waals surface area contributed by atoms with Gasteiger partial charge in [-0.1, -0.05) is 44.2 Å². The Balaban J connectivity index is 2.03. The Bertz CT molecular complexity index is 425. The fourth-order valence-electron chi connectivity index (χ4n) is 2.65. The molecule has 0 saturated heterocycles. The van der Waals surface area contributed by atoms with Crippen LogP contribution in [0.15, 0.2) is 35.3 Å². The molecule has 1 aliphatic rings. The van der Waals surface area contributed by atoms with Crippen LogP contribution in [0, 0.1) is 0 Å². The summed E-state index contributed by atoms with van der Waals surface area (Å²) in [5.41, 5.74) is 1.36. The molecule has 0 bridgehead atoms. The lowest BCUT2D eigenvalue weighted by Crippen LogP contribution is -2.43. The number of hydrogen-bond acceptors (Lipinski definition) is 4. The van der Waals surface area contributed by atoms with Gasteiger partial charge in [-0.25, -0.2) is 0 Å². The molecule has 0 aromatic heterocycles. The van der Waals surface area contributed by atoms with Crippen LogP contribution < -0.4 is 10.6 Å². The van der Waals surface area contributed by atoms with Gasteiger partial charge in [0.25, 0.3) is 0 Å². The summed E-state index contributed by atoms with van der Waals surface area (Å²) in [7, 11) is 0. The van der Waals surface area contributed by atoms with Crippen molar-refractivity contribution in [3.63, 3.8) is 0 Å². The zero-order valence-corrected chi connectivity index (χ0v) is 12.8. The van der Waals surface area contributed by atoms with E-state index in [9.17, 15) is 0 Å². The highest BCUT2D eigenvalue weighted by Crippen LogP contribution is 2.19. The maximum Gasteiger partial charge on any atom is 0.191 e. The molecule has 1 aromatic carbocycles. The molecule has 1 heterocycles. The Morgan fingerprint density at radius 2 is 2.00 bits per heavy atom. The molecule has 0 radical (unpaired) electrons. The van der Waals surface area contributed by atoms with Crippen molar-refractivity contribution in [3.05, 3.63) is 35.9 Å². The van der Waals surface area contributed by atoms with Crippen molar-refractivity contribution >= 4 is 5.96 Å². The smallest absolute Gasteiger partial charge is 0.191 e. The number of hydrogen-bond donors (Lipinski definition) is 2. The quantitative estimate of drug-likeness (QED) is 0.833. The first-order valence-electron chi connectivity index (χ1n) is 7.58. The molecule has 110 valence electrons. The van der Waals surface area contributed by atoms with Gasteiger partial charge in [0.15, 0.2) is 5.96 Å². The summed E-state index contributed by atoms with van der Waals surface area (Å²) in [6, 6.07) is 11.5. The lowest BCUT2D eigenvalue weighted by atomic mass is 10.1. The number of nitrogens with zero attached hydrogens (tertiary/aromatic N) is 2. The van der Waals surface area contributed by atoms with Gasteiger partial charge in [0, 0.05) is 12.6 Å². The minimum Gasteiger partial charge on any atom is -0.354 e. The van der Waals surface area contributed by atoms with Gasteiger partial charge >= 0.3 is 0 Å². The van der Waals surface area contributed by atoms with Gasteiger partial charge in [-0.05, 0) is 25.6 Å². The molecule has 0 fully saturated rings. The standard InChI is InChI=1S/C16H26N4/c1-4-20(5-2)15(14-9-7-6-8-10-14)12-18-16-17-11-13(3)19-16/h6-10,13,15H,4-5,11-12H2,1-3H3,(H2,17,18,19). The molecule has 1 aliphatic heterocycles. The van der Waals surface area contributed by atoms with Crippen molar-refractivity contribution < 1.29 is 0 Å². The highest BCUT2D eigenvalue weighted by molar-refractivity contribution is 5.81. The molecule has 4 nitrogen and oxygen atoms in total. The van der Waals surface area contributed by atoms with Crippen molar-refractivity contribution in [2.24, 2.45) is 4.99 Å². The molecule has 2 atom stereocenters. The summed E-state index contributed by atoms with van der Waals surface area (Å²) < 4.78 is 0. The Labute approximate surface area is 122 Å². The SMILES string of the molecule is CCN(CC)C(CNC1=NCC(C)N1)c1ccccc1. The maximum atomic E-state index is 4.47. The third kappa shape index (κ3) is 3.73. The van der Waals surface area contributed by atoms with Gasteiger partial charge in [-0.15, -0.1) is 0 Å². The third-order valence-electron chi connectivity index (χ3n) is 3.81. The van der Waals surface area contributed by atoms with E-state index < -0.39 is 0 Å². The topological polar surface area (TPSA) is 39.7 Å². The van der Waals surface area contributed by atoms with E-state index in [1.54, 1.807) is 0 Å². The third-order valence-corrected chi connectivity index (χ3v) is 3.81. The maximum absolute atomic E-state index is 4.47. The van der Waals surface area contributed by atoms with Crippen LogP contribution in [0.2, 0.25) is 0 Å². The molecule has 2 N–H and O–H groups in total. The fraction of sp³-hybridized carbons (Fsp3) is 0.562. The Hall–Kier alpha value is -1.55. The van der Waals surface area contributed by atoms with Crippen molar-refractivity contribution in [2.45, 2.75) is 32.9 Å². The molecule has 2 unspecified atom stereocenters. The number of benzene rings is 1. The highest BCUT2D eigenvalue weighted by Gasteiger charge is 2.19. The van der Waals surface area contributed by atoms with Crippen LogP contribution in [0.4, 0.5) is 0 Å². The van der Waals surface area contributed by atoms with Gasteiger partial charge in [-0.3, -0.25) is 9.89 Å². The van der Waals surface area contributed by atoms with E-state index in [-0.39, 0.29) is 0 Å². The van der Waals surface area contributed by atoms with E-state index in [1.165, 1.54) is 5.56 Å². The van der Waals surface area contributed by atoms with E-state index in [2.05, 4.69) is 71.6 Å². The predicted molar refractivity (Wildman–Crippen MR) is 85.0 cm³/mol. The number of aliphatic imine (C=N–C) groups is 1. The van der Waals surface area contributed by atoms with Gasteiger partial charge in [0.2, 0.25) is 0 Å². The Morgan fingerprint density at radius 3 is 2.55 bits per heavy atom. The van der Waals surface area contributed by atoms with Gasteiger partial charge < -0.3 is 10.6 Å². The number of nitrogens with one attached hydrogen (secondary N) is 2. The van der Waals surface area contributed by atoms with Crippen LogP contribution in [-0.4, -0.2) is 43.1 Å². The Kier molecular flexibility index (Phi) is 5.41. The second-order valence-corrected chi connectivity index (χ2v) is 5.26. The first kappa shape index (κ1) is 14.9. The van der Waals surface area contributed by atoms with E-state index in [0.29, 0.717) is 12.1 Å². The molecule has 0 aliphatic carbocycles. The normalized spacial score (nSPS) is 19.6. The van der Waals surface area contributed by atoms with Gasteiger partial charge in [-0.2, -0.15) is 0 Å². The second-order valence-electron chi connectivity index (χ2n) is 5.26. The van der Waals surface area contributed by atoms with Crippen molar-refractivity contribution in [1.29, 1.82) is 0 Å². The average molecular weight is 274 g/mol. The summed E-state index contributed by atoms with van der Waals surface area (Å²) in [6.07, 6.45) is 0. The van der Waals surface area contributed by atoms with E-state index >= 15 is 0 Å². The monoisotopic (exact) mass is 274 g/mol. The lowest BCUT2D eigenvalue weighted by molar-refractivity contribution is 0.219. The van der Waals surface area contributed by atoms with Crippen molar-refractivity contribution in [1.82, 2.24) is 15.5 Å². The van der Waals surface area contributed by atoms with Crippen LogP contribution >= 0.6 is 0 Å². The van der Waals surface area contributed by atoms with Crippen molar-refractivity contribution in [2.75, 3.05) is 26.2 Å². The largest absolute Gasteiger partial charge is 0.354 e. The molecular weight excluding hydrogens is 248 g/mol. The first-order chi connectivity index (χ1) is 9.74. The molecule has 0 spiro atoms. The molecule has 4 heteroatoms. The summed E-state index contributed by atoms with van der Waals surface area (Å²) >= 11 is 0. The zero-order valence-electron chi connectivity index (χ0n) is 12.8. The van der Waals surface area contributed by atoms with Gasteiger partial charge in [0.1, 0.15) is 0 Å². The minimum atomic E-state index is 0.381. The molecular formula is C16H26N4. The fourth-order valence-corrected chi connectivity index (χ4v) is 2.65. The van der Waals surface area contributed by atoms with Crippen LogP contribution in [0.3, 0.4) is 0 Å². The molecule has 2 rings (SSSR count). The Morgan fingerprint density at radius 1 is 1.30 bits per heavy atom. The van der Waals surface area contributed by atoms with Crippen LogP contribution in [0.5, 0.6) is 0 Å². The van der Waals surface area contributed by atoms with Crippen molar-refractivity contribution in [3.8, 4) is 0 Å². The van der Waals surface area contributed by atoms with Gasteiger partial charge in [0.05, 0.1) is 12.6 Å². The molecule has 20 heavy (non-hydrogen) atoms. The molecule has 1 aromatic rings. The first-order valence-corrected chi connectivity index (χ1v) is 7.58. The van der Waals surface area contributed by atoms with Crippen LogP contribution in [0.25, 0.3) is 0 Å². The van der Waals surface area contributed by atoms with E-state index in [1.807, 2.05) is 0 Å². The summed E-state index contributed by atoms with van der Waals surface area (Å²) in [5, 5.41) is 6.81. The number of rotatable bonds is 6. The summed E-state index contributed by atoms with van der Waals surface area (Å²) in [6.45, 7) is 10.4. The van der Waals surface area contributed by atoms with E-state index in [0.717, 1.165) is 32.1 Å². The van der Waals surface area contributed by atoms with Crippen LogP contribution in [0.1, 0.15) is 32.4 Å². The minimum absolute atomic E-state index is 0.381. The second kappa shape index (κ2) is 7.29. The zero-order chi connectivity index (χ0) is 14.4. The average Bonchev–Trinajstić information content (AvgIpc) is 2.90. The predicted octanol–water partition coefficient (Wildman–Crippen LogP) is 2.01. The number of guanidine groups is 1. The molecule has 0 amide bonds. The molecule has 0 saturated carbocycles. The summed E-state index contributed by atoms with van der Waals surface area (Å²) in [5.74, 6) is 0.936. The number of likely N-dealkylation sites (N-methyl/N-ethyl adjacent to an activating group) is 1. The highest BCUT2D eigenvalue weighted by atomic mass is 15.3. The van der Waals surface area contributed by atoms with E-state index in [4.69, 9.17) is 0 Å². The summed E-state index contributed by atoms with van der Waals surface area (Å²) in [4.78, 5) is 6.94. The van der Waals surface area contributed by atoms with Crippen LogP contribution in [-0.2, 0) is 0 Å². The lowest BCUT2D eigenvalue weighted by Gasteiger charge is -2.30.